The first-order valence-corrected chi connectivity index (χ1v) is 6.25. The monoisotopic (exact) mass is 244 g/mol. The molecular weight excluding hydrogens is 224 g/mol. The molecule has 96 valence electrons. The fourth-order valence-electron chi connectivity index (χ4n) is 2.08. The van der Waals surface area contributed by atoms with E-state index >= 15 is 0 Å². The summed E-state index contributed by atoms with van der Waals surface area (Å²) in [6, 6.07) is 6.51. The summed E-state index contributed by atoms with van der Waals surface area (Å²) < 4.78 is 1.85. The second kappa shape index (κ2) is 5.31. The van der Waals surface area contributed by atoms with Crippen LogP contribution in [0.3, 0.4) is 0 Å². The van der Waals surface area contributed by atoms with Crippen molar-refractivity contribution >= 4 is 0 Å². The van der Waals surface area contributed by atoms with Gasteiger partial charge in [-0.1, -0.05) is 23.8 Å². The number of hydrogen-bond donors (Lipinski definition) is 1. The van der Waals surface area contributed by atoms with Gasteiger partial charge in [-0.15, -0.1) is 0 Å². The molecule has 0 amide bonds. The fourth-order valence-corrected chi connectivity index (χ4v) is 2.08. The van der Waals surface area contributed by atoms with Crippen LogP contribution in [0.15, 0.2) is 18.2 Å². The summed E-state index contributed by atoms with van der Waals surface area (Å²) in [5.74, 6) is 1.82. The summed E-state index contributed by atoms with van der Waals surface area (Å²) >= 11 is 0. The summed E-state index contributed by atoms with van der Waals surface area (Å²) in [6.45, 7) is 4.84. The van der Waals surface area contributed by atoms with Crippen molar-refractivity contribution in [1.82, 2.24) is 14.8 Å². The Bertz CT molecular complexity index is 543. The van der Waals surface area contributed by atoms with Gasteiger partial charge in [0.25, 0.3) is 0 Å². The van der Waals surface area contributed by atoms with Crippen LogP contribution in [0.4, 0.5) is 0 Å². The van der Waals surface area contributed by atoms with Gasteiger partial charge in [-0.2, -0.15) is 5.10 Å². The Labute approximate surface area is 108 Å². The first-order chi connectivity index (χ1) is 8.60. The lowest BCUT2D eigenvalue weighted by atomic mass is 10.0. The van der Waals surface area contributed by atoms with Gasteiger partial charge in [0, 0.05) is 19.9 Å². The Morgan fingerprint density at radius 2 is 2.06 bits per heavy atom. The van der Waals surface area contributed by atoms with Crippen molar-refractivity contribution in [2.75, 3.05) is 6.54 Å². The largest absolute Gasteiger partial charge is 0.330 e. The standard InChI is InChI=1S/C14H20N4/c1-10-4-5-12(11(2)8-10)9-14-16-13(6-7-15)17-18(14)3/h4-5,8H,6-7,9,15H2,1-3H3. The maximum atomic E-state index is 5.52. The van der Waals surface area contributed by atoms with E-state index in [2.05, 4.69) is 42.1 Å². The molecule has 0 saturated heterocycles. The van der Waals surface area contributed by atoms with Crippen LogP contribution in [0.25, 0.3) is 0 Å². The Kier molecular flexibility index (Phi) is 3.77. The highest BCUT2D eigenvalue weighted by atomic mass is 15.3. The zero-order valence-corrected chi connectivity index (χ0v) is 11.3. The minimum absolute atomic E-state index is 0.590. The highest BCUT2D eigenvalue weighted by molar-refractivity contribution is 5.32. The maximum absolute atomic E-state index is 5.52. The predicted molar refractivity (Wildman–Crippen MR) is 72.5 cm³/mol. The van der Waals surface area contributed by atoms with E-state index < -0.39 is 0 Å². The minimum Gasteiger partial charge on any atom is -0.330 e. The maximum Gasteiger partial charge on any atom is 0.152 e. The van der Waals surface area contributed by atoms with Crippen LogP contribution >= 0.6 is 0 Å². The SMILES string of the molecule is Cc1ccc(Cc2nc(CCN)nn2C)c(C)c1. The molecule has 0 spiro atoms. The van der Waals surface area contributed by atoms with Gasteiger partial charge in [0.1, 0.15) is 5.82 Å². The molecule has 0 bridgehead atoms. The van der Waals surface area contributed by atoms with Gasteiger partial charge in [0.2, 0.25) is 0 Å². The van der Waals surface area contributed by atoms with Crippen LogP contribution in [0.1, 0.15) is 28.3 Å². The Morgan fingerprint density at radius 1 is 1.28 bits per heavy atom. The molecular formula is C14H20N4. The van der Waals surface area contributed by atoms with Gasteiger partial charge in [-0.05, 0) is 31.5 Å². The van der Waals surface area contributed by atoms with Gasteiger partial charge in [-0.25, -0.2) is 4.98 Å². The molecule has 0 unspecified atom stereocenters. The van der Waals surface area contributed by atoms with E-state index in [1.165, 1.54) is 16.7 Å². The Hall–Kier alpha value is -1.68. The summed E-state index contributed by atoms with van der Waals surface area (Å²) in [5.41, 5.74) is 9.42. The molecule has 0 atom stereocenters. The van der Waals surface area contributed by atoms with E-state index in [4.69, 9.17) is 5.73 Å². The van der Waals surface area contributed by atoms with Crippen LogP contribution in [-0.2, 0) is 19.9 Å². The fraction of sp³-hybridized carbons (Fsp3) is 0.429. The number of aryl methyl sites for hydroxylation is 3. The van der Waals surface area contributed by atoms with Crippen molar-refractivity contribution in [3.8, 4) is 0 Å². The number of rotatable bonds is 4. The average Bonchev–Trinajstić information content (AvgIpc) is 2.64. The molecule has 4 nitrogen and oxygen atoms in total. The lowest BCUT2D eigenvalue weighted by molar-refractivity contribution is 0.703. The van der Waals surface area contributed by atoms with Crippen LogP contribution in [0, 0.1) is 13.8 Å². The van der Waals surface area contributed by atoms with Crippen molar-refractivity contribution < 1.29 is 0 Å². The summed E-state index contributed by atoms with van der Waals surface area (Å²) in [5, 5.41) is 4.37. The first kappa shape index (κ1) is 12.8. The minimum atomic E-state index is 0.590. The highest BCUT2D eigenvalue weighted by Crippen LogP contribution is 2.14. The topological polar surface area (TPSA) is 56.7 Å². The molecule has 0 radical (unpaired) electrons. The Balaban J connectivity index is 2.22. The highest BCUT2D eigenvalue weighted by Gasteiger charge is 2.08. The van der Waals surface area contributed by atoms with E-state index in [1.807, 2.05) is 11.7 Å². The molecule has 0 saturated carbocycles. The van der Waals surface area contributed by atoms with Crippen molar-refractivity contribution in [3.05, 3.63) is 46.5 Å². The summed E-state index contributed by atoms with van der Waals surface area (Å²) in [4.78, 5) is 4.53. The predicted octanol–water partition coefficient (Wildman–Crippen LogP) is 1.52. The van der Waals surface area contributed by atoms with Crippen molar-refractivity contribution in [1.29, 1.82) is 0 Å². The smallest absolute Gasteiger partial charge is 0.152 e. The van der Waals surface area contributed by atoms with Crippen molar-refractivity contribution in [2.24, 2.45) is 12.8 Å². The van der Waals surface area contributed by atoms with Crippen LogP contribution < -0.4 is 5.73 Å². The molecule has 18 heavy (non-hydrogen) atoms. The van der Waals surface area contributed by atoms with E-state index in [9.17, 15) is 0 Å². The van der Waals surface area contributed by atoms with Gasteiger partial charge in [0.05, 0.1) is 0 Å². The van der Waals surface area contributed by atoms with Gasteiger partial charge >= 0.3 is 0 Å². The molecule has 0 fully saturated rings. The number of nitrogens with two attached hydrogens (primary N) is 1. The molecule has 1 heterocycles. The number of hydrogen-bond acceptors (Lipinski definition) is 3. The zero-order valence-electron chi connectivity index (χ0n) is 11.3. The van der Waals surface area contributed by atoms with E-state index in [0.29, 0.717) is 6.54 Å². The quantitative estimate of drug-likeness (QED) is 0.887. The second-order valence-corrected chi connectivity index (χ2v) is 4.71. The van der Waals surface area contributed by atoms with E-state index in [-0.39, 0.29) is 0 Å². The van der Waals surface area contributed by atoms with Crippen LogP contribution in [-0.4, -0.2) is 21.3 Å². The molecule has 1 aromatic heterocycles. The molecule has 4 heteroatoms. The van der Waals surface area contributed by atoms with Crippen molar-refractivity contribution in [3.63, 3.8) is 0 Å². The van der Waals surface area contributed by atoms with E-state index in [1.54, 1.807) is 0 Å². The lowest BCUT2D eigenvalue weighted by Gasteiger charge is -2.06. The third-order valence-electron chi connectivity index (χ3n) is 3.11. The second-order valence-electron chi connectivity index (χ2n) is 4.71. The van der Waals surface area contributed by atoms with Gasteiger partial charge in [0.15, 0.2) is 5.82 Å². The van der Waals surface area contributed by atoms with Crippen LogP contribution in [0.2, 0.25) is 0 Å². The van der Waals surface area contributed by atoms with Crippen LogP contribution in [0.5, 0.6) is 0 Å². The third kappa shape index (κ3) is 2.76. The molecule has 0 aliphatic carbocycles. The molecule has 1 aromatic carbocycles. The number of benzene rings is 1. The molecule has 2 aromatic rings. The number of nitrogens with zero attached hydrogens (tertiary/aromatic N) is 3. The average molecular weight is 244 g/mol. The molecule has 2 N–H and O–H groups in total. The van der Waals surface area contributed by atoms with Gasteiger partial charge < -0.3 is 5.73 Å². The summed E-state index contributed by atoms with van der Waals surface area (Å²) in [7, 11) is 1.94. The molecule has 2 rings (SSSR count). The first-order valence-electron chi connectivity index (χ1n) is 6.25. The van der Waals surface area contributed by atoms with Crippen molar-refractivity contribution in [2.45, 2.75) is 26.7 Å². The molecule has 0 aliphatic heterocycles. The molecule has 0 aliphatic rings. The zero-order chi connectivity index (χ0) is 13.1. The summed E-state index contributed by atoms with van der Waals surface area (Å²) in [6.07, 6.45) is 1.56. The van der Waals surface area contributed by atoms with E-state index in [0.717, 1.165) is 24.5 Å². The Morgan fingerprint density at radius 3 is 2.72 bits per heavy atom. The third-order valence-corrected chi connectivity index (χ3v) is 3.11. The number of aromatic nitrogens is 3. The van der Waals surface area contributed by atoms with Gasteiger partial charge in [-0.3, -0.25) is 4.68 Å². The lowest BCUT2D eigenvalue weighted by Crippen LogP contribution is -2.04. The normalized spacial score (nSPS) is 10.9.